The van der Waals surface area contributed by atoms with Crippen molar-refractivity contribution in [3.63, 3.8) is 0 Å². The van der Waals surface area contributed by atoms with Crippen molar-refractivity contribution in [1.29, 1.82) is 5.41 Å². The molecule has 1 heterocycles. The highest BCUT2D eigenvalue weighted by Gasteiger charge is 2.43. The van der Waals surface area contributed by atoms with E-state index in [1.165, 1.54) is 24.3 Å². The Morgan fingerprint density at radius 3 is 2.34 bits per heavy atom. The first-order valence-corrected chi connectivity index (χ1v) is 13.1. The molecule has 3 aromatic carbocycles. The van der Waals surface area contributed by atoms with Gasteiger partial charge in [-0.25, -0.2) is 23.8 Å². The Kier molecular flexibility index (Phi) is 10.1. The van der Waals surface area contributed by atoms with Crippen molar-refractivity contribution in [2.24, 2.45) is 0 Å². The molecule has 228 valence electrons. The highest BCUT2D eigenvalue weighted by molar-refractivity contribution is 5.95. The number of amides is 1. The monoisotopic (exact) mass is 611 g/mol. The normalized spacial score (nSPS) is 11.7. The molecule has 9 nitrogen and oxygen atoms in total. The first kappa shape index (κ1) is 31.5. The van der Waals surface area contributed by atoms with Crippen LogP contribution < -0.4 is 15.5 Å². The summed E-state index contributed by atoms with van der Waals surface area (Å²) in [7, 11) is 0. The van der Waals surface area contributed by atoms with E-state index >= 15 is 4.39 Å². The molecule has 1 aromatic heterocycles. The smallest absolute Gasteiger partial charge is 0.492 e. The number of hydrogen-bond donors (Lipinski definition) is 2. The van der Waals surface area contributed by atoms with Gasteiger partial charge in [0.05, 0.1) is 19.0 Å². The minimum atomic E-state index is -5.40. The topological polar surface area (TPSA) is 120 Å². The highest BCUT2D eigenvalue weighted by atomic mass is 19.4. The van der Waals surface area contributed by atoms with Gasteiger partial charge in [0.2, 0.25) is 0 Å². The maximum Gasteiger partial charge on any atom is 0.495 e. The van der Waals surface area contributed by atoms with Crippen molar-refractivity contribution in [3.8, 4) is 16.9 Å². The van der Waals surface area contributed by atoms with Crippen LogP contribution >= 0.6 is 0 Å². The number of benzene rings is 3. The van der Waals surface area contributed by atoms with Gasteiger partial charge in [0.25, 0.3) is 5.91 Å². The van der Waals surface area contributed by atoms with Gasteiger partial charge in [-0.15, -0.1) is 0 Å². The van der Waals surface area contributed by atoms with Crippen molar-refractivity contribution in [2.45, 2.75) is 25.2 Å². The predicted octanol–water partition coefficient (Wildman–Crippen LogP) is 5.28. The van der Waals surface area contributed by atoms with Gasteiger partial charge in [-0.05, 0) is 47.5 Å². The maximum atomic E-state index is 15.1. The van der Waals surface area contributed by atoms with Crippen LogP contribution in [0.4, 0.5) is 17.6 Å². The number of carbonyl (C=O) groups is 3. The van der Waals surface area contributed by atoms with Crippen molar-refractivity contribution in [2.75, 3.05) is 6.61 Å². The third kappa shape index (κ3) is 8.53. The van der Waals surface area contributed by atoms with Crippen molar-refractivity contribution in [3.05, 3.63) is 120 Å². The van der Waals surface area contributed by atoms with E-state index in [1.54, 1.807) is 71.4 Å². The molecule has 0 aliphatic carbocycles. The van der Waals surface area contributed by atoms with Crippen molar-refractivity contribution >= 4 is 17.8 Å². The lowest BCUT2D eigenvalue weighted by atomic mass is 9.98. The molecule has 0 bridgehead atoms. The molecule has 1 atom stereocenters. The second kappa shape index (κ2) is 14.1. The minimum absolute atomic E-state index is 0.0908. The largest absolute Gasteiger partial charge is 0.495 e. The number of halogens is 4. The summed E-state index contributed by atoms with van der Waals surface area (Å²) in [5, 5.41) is 10.4. The van der Waals surface area contributed by atoms with Crippen LogP contribution in [-0.4, -0.2) is 35.2 Å². The number of nitrogens with zero attached hydrogens (tertiary/aromatic N) is 1. The van der Waals surface area contributed by atoms with Gasteiger partial charge >= 0.3 is 18.1 Å². The molecule has 1 unspecified atom stereocenters. The molecule has 4 aromatic rings. The fourth-order valence-electron chi connectivity index (χ4n) is 4.09. The molecular formula is C31H25F4N3O6. The summed E-state index contributed by atoms with van der Waals surface area (Å²) in [6.45, 7) is 0.549. The number of ether oxygens (including phenoxy) is 1. The quantitative estimate of drug-likeness (QED) is 0.143. The third-order valence-corrected chi connectivity index (χ3v) is 6.24. The molecule has 44 heavy (non-hydrogen) atoms. The Bertz CT molecular complexity index is 1690. The van der Waals surface area contributed by atoms with Crippen molar-refractivity contribution in [1.82, 2.24) is 9.88 Å². The van der Waals surface area contributed by atoms with Gasteiger partial charge in [-0.2, -0.15) is 13.2 Å². The first-order chi connectivity index (χ1) is 21.0. The first-order valence-electron chi connectivity index (χ1n) is 13.1. The second-order valence-electron chi connectivity index (χ2n) is 9.31. The van der Waals surface area contributed by atoms with Gasteiger partial charge in [-0.1, -0.05) is 54.6 Å². The van der Waals surface area contributed by atoms with Crippen LogP contribution in [0.2, 0.25) is 0 Å². The number of rotatable bonds is 10. The fourth-order valence-corrected chi connectivity index (χ4v) is 4.09. The van der Waals surface area contributed by atoms with E-state index in [1.807, 2.05) is 0 Å². The maximum absolute atomic E-state index is 15.1. The molecule has 13 heteroatoms. The molecule has 1 amide bonds. The summed E-state index contributed by atoms with van der Waals surface area (Å²) in [4.78, 5) is 44.0. The molecule has 2 N–H and O–H groups in total. The van der Waals surface area contributed by atoms with E-state index in [0.29, 0.717) is 17.9 Å². The Hall–Kier alpha value is -5.46. The summed E-state index contributed by atoms with van der Waals surface area (Å²) in [6.07, 6.45) is -4.48. The van der Waals surface area contributed by atoms with Crippen LogP contribution in [0.15, 0.2) is 97.2 Å². The molecule has 0 spiro atoms. The number of pyridine rings is 1. The average Bonchev–Trinajstić information content (AvgIpc) is 3.00. The summed E-state index contributed by atoms with van der Waals surface area (Å²) in [5.74, 6) is -5.25. The number of alkyl halides is 3. The van der Waals surface area contributed by atoms with Crippen LogP contribution in [0.25, 0.3) is 11.1 Å². The lowest BCUT2D eigenvalue weighted by Gasteiger charge is -2.19. The Morgan fingerprint density at radius 2 is 1.64 bits per heavy atom. The second-order valence-corrected chi connectivity index (χ2v) is 9.31. The summed E-state index contributed by atoms with van der Waals surface area (Å²) >= 11 is 0. The Balaban J connectivity index is 1.50. The molecule has 0 saturated heterocycles. The van der Waals surface area contributed by atoms with Crippen LogP contribution in [0, 0.1) is 11.2 Å². The van der Waals surface area contributed by atoms with E-state index < -0.39 is 42.3 Å². The van der Waals surface area contributed by atoms with Gasteiger partial charge in [-0.3, -0.25) is 10.2 Å². The summed E-state index contributed by atoms with van der Waals surface area (Å²) < 4.78 is 59.8. The molecule has 0 aliphatic heterocycles. The van der Waals surface area contributed by atoms with Gasteiger partial charge in [0.15, 0.2) is 0 Å². The van der Waals surface area contributed by atoms with Crippen LogP contribution in [0.3, 0.4) is 0 Å². The van der Waals surface area contributed by atoms with Gasteiger partial charge < -0.3 is 14.6 Å². The van der Waals surface area contributed by atoms with Crippen LogP contribution in [0.1, 0.15) is 28.4 Å². The van der Waals surface area contributed by atoms with E-state index in [4.69, 9.17) is 10.1 Å². The Labute approximate surface area is 248 Å². The lowest BCUT2D eigenvalue weighted by Crippen LogP contribution is -2.32. The summed E-state index contributed by atoms with van der Waals surface area (Å²) in [5.41, 5.74) is 1.27. The van der Waals surface area contributed by atoms with Crippen LogP contribution in [0.5, 0.6) is 5.75 Å². The lowest BCUT2D eigenvalue weighted by molar-refractivity contribution is -0.286. The molecule has 0 fully saturated rings. The number of nitrogens with one attached hydrogen (secondary N) is 2. The number of aromatic nitrogens is 1. The molecule has 0 radical (unpaired) electrons. The summed E-state index contributed by atoms with van der Waals surface area (Å²) in [6, 6.07) is 22.4. The number of hydrogen-bond acceptors (Lipinski definition) is 7. The van der Waals surface area contributed by atoms with E-state index in [-0.39, 0.29) is 28.8 Å². The SMILES string of the molecule is N=c1ccccn1CCOc1cccc(C(=O)NC(CC(=O)OOC(=O)C(F)(F)F)c2ccc(-c3ccccc3)c(F)c2)c1. The molecule has 0 aliphatic rings. The standard InChI is InChI=1S/C31H25F4N3O6/c32-25-18-21(12-13-24(25)20-7-2-1-3-8-20)26(19-28(39)43-44-30(41)31(33,34)35)37-29(40)22-9-6-10-23(17-22)42-16-15-38-14-5-4-11-27(38)36/h1-14,17-18,26,36H,15-16,19H2,(H,37,40). The minimum Gasteiger partial charge on any atom is -0.492 e. The van der Waals surface area contributed by atoms with E-state index in [0.717, 1.165) is 6.07 Å². The average molecular weight is 612 g/mol. The zero-order valence-corrected chi connectivity index (χ0v) is 22.8. The van der Waals surface area contributed by atoms with Gasteiger partial charge in [0.1, 0.15) is 23.7 Å². The zero-order chi connectivity index (χ0) is 31.7. The molecular weight excluding hydrogens is 586 g/mol. The molecule has 4 rings (SSSR count). The van der Waals surface area contributed by atoms with Gasteiger partial charge in [0, 0.05) is 17.3 Å². The number of carbonyl (C=O) groups excluding carboxylic acids is 3. The zero-order valence-electron chi connectivity index (χ0n) is 22.8. The third-order valence-electron chi connectivity index (χ3n) is 6.24. The highest BCUT2D eigenvalue weighted by Crippen LogP contribution is 2.28. The Morgan fingerprint density at radius 1 is 0.886 bits per heavy atom. The predicted molar refractivity (Wildman–Crippen MR) is 147 cm³/mol. The van der Waals surface area contributed by atoms with E-state index in [2.05, 4.69) is 15.1 Å². The van der Waals surface area contributed by atoms with E-state index in [9.17, 15) is 27.6 Å². The van der Waals surface area contributed by atoms with Crippen molar-refractivity contribution < 1.29 is 46.5 Å². The van der Waals surface area contributed by atoms with Crippen LogP contribution in [-0.2, 0) is 25.9 Å². The molecule has 0 saturated carbocycles. The fraction of sp³-hybridized carbons (Fsp3) is 0.161.